The minimum atomic E-state index is -0.424. The number of benzene rings is 1. The van der Waals surface area contributed by atoms with Crippen LogP contribution in [0.3, 0.4) is 0 Å². The maximum atomic E-state index is 13.3. The van der Waals surface area contributed by atoms with Crippen molar-refractivity contribution < 1.29 is 23.9 Å². The Morgan fingerprint density at radius 1 is 0.941 bits per heavy atom. The number of amides is 2. The average molecular weight is 502 g/mol. The van der Waals surface area contributed by atoms with Crippen LogP contribution in [0.2, 0.25) is 10.0 Å². The number of nitrogens with zero attached hydrogens (tertiary/aromatic N) is 1. The monoisotopic (exact) mass is 501 g/mol. The topological polar surface area (TPSA) is 80.8 Å². The first-order valence-electron chi connectivity index (χ1n) is 12.0. The molecule has 2 bridgehead atoms. The molecular formula is C26H25Cl2NO5. The van der Waals surface area contributed by atoms with Gasteiger partial charge in [0, 0.05) is 16.6 Å². The standard InChI is InChI=1S/C26H25Cl2NO5/c27-13-3-6-17(20(28)9-13)21(30)11-34-26(33)12-1-4-14(5-2-12)29-24(31)22-15-7-8-16(19-10-18(15)19)23(22)25(29)32/h3,6-9,12,14-16,18-19,22-23H,1-2,4-5,10-11H2/t12?,14?,15-,16-,18-,19+,22-,23+/m0/s1. The highest BCUT2D eigenvalue weighted by molar-refractivity contribution is 6.36. The van der Waals surface area contributed by atoms with Crippen molar-refractivity contribution in [3.63, 3.8) is 0 Å². The summed E-state index contributed by atoms with van der Waals surface area (Å²) in [4.78, 5) is 53.1. The van der Waals surface area contributed by atoms with Gasteiger partial charge in [-0.1, -0.05) is 35.4 Å². The molecule has 1 aromatic carbocycles. The van der Waals surface area contributed by atoms with Crippen LogP contribution in [-0.2, 0) is 19.1 Å². The molecule has 8 heteroatoms. The Kier molecular flexibility index (Phi) is 5.38. The summed E-state index contributed by atoms with van der Waals surface area (Å²) >= 11 is 11.9. The molecule has 178 valence electrons. The fourth-order valence-electron chi connectivity index (χ4n) is 6.96. The largest absolute Gasteiger partial charge is 0.457 e. The number of rotatable bonds is 5. The van der Waals surface area contributed by atoms with Crippen molar-refractivity contribution in [3.05, 3.63) is 46.0 Å². The van der Waals surface area contributed by atoms with Gasteiger partial charge in [0.1, 0.15) is 0 Å². The van der Waals surface area contributed by atoms with E-state index in [1.165, 1.54) is 12.1 Å². The first-order chi connectivity index (χ1) is 16.3. The normalized spacial score (nSPS) is 37.4. The summed E-state index contributed by atoms with van der Waals surface area (Å²) in [6.07, 6.45) is 7.74. The number of likely N-dealkylation sites (tertiary alicyclic amines) is 1. The molecule has 1 saturated heterocycles. The molecule has 0 N–H and O–H groups in total. The Morgan fingerprint density at radius 2 is 1.56 bits per heavy atom. The molecule has 7 rings (SSSR count). The van der Waals surface area contributed by atoms with Crippen LogP contribution >= 0.6 is 23.2 Å². The number of carbonyl (C=O) groups excluding carboxylic acids is 4. The first kappa shape index (κ1) is 22.3. The predicted octanol–water partition coefficient (Wildman–Crippen LogP) is 4.33. The Labute approximate surface area is 207 Å². The molecular weight excluding hydrogens is 477 g/mol. The average Bonchev–Trinajstić information content (AvgIpc) is 3.61. The summed E-state index contributed by atoms with van der Waals surface area (Å²) in [5.74, 6) is 0.0940. The van der Waals surface area contributed by atoms with Crippen molar-refractivity contribution in [1.82, 2.24) is 4.90 Å². The highest BCUT2D eigenvalue weighted by Gasteiger charge is 2.67. The maximum absolute atomic E-state index is 13.3. The number of hydrogen-bond acceptors (Lipinski definition) is 5. The molecule has 1 aliphatic heterocycles. The number of carbonyl (C=O) groups is 4. The Balaban J connectivity index is 1.04. The lowest BCUT2D eigenvalue weighted by molar-refractivity contribution is -0.149. The van der Waals surface area contributed by atoms with E-state index in [0.717, 1.165) is 6.42 Å². The SMILES string of the molecule is O=C(COC(=O)C1CCC(N2C(=O)[C@@H]3[C@H]4C=C[C@@H]([C@@H]5C[C@H]45)[C@@H]3C2=O)CC1)c1ccc(Cl)cc1Cl. The number of allylic oxidation sites excluding steroid dienone is 2. The van der Waals surface area contributed by atoms with Gasteiger partial charge in [0.25, 0.3) is 0 Å². The second kappa shape index (κ2) is 8.20. The fourth-order valence-corrected chi connectivity index (χ4v) is 7.47. The minimum absolute atomic E-state index is 0.00355. The van der Waals surface area contributed by atoms with Crippen LogP contribution in [-0.4, -0.2) is 41.1 Å². The summed E-state index contributed by atoms with van der Waals surface area (Å²) in [6.45, 7) is -0.384. The second-order valence-corrected chi connectivity index (χ2v) is 11.2. The van der Waals surface area contributed by atoms with Crippen LogP contribution in [0.4, 0.5) is 0 Å². The zero-order valence-corrected chi connectivity index (χ0v) is 20.0. The van der Waals surface area contributed by atoms with Gasteiger partial charge < -0.3 is 4.74 Å². The summed E-state index contributed by atoms with van der Waals surface area (Å²) in [5.41, 5.74) is 0.260. The molecule has 5 aliphatic carbocycles. The molecule has 6 nitrogen and oxygen atoms in total. The zero-order chi connectivity index (χ0) is 23.7. The van der Waals surface area contributed by atoms with Crippen molar-refractivity contribution in [3.8, 4) is 0 Å². The molecule has 0 radical (unpaired) electrons. The van der Waals surface area contributed by atoms with E-state index in [1.807, 2.05) is 0 Å². The molecule has 3 saturated carbocycles. The van der Waals surface area contributed by atoms with Gasteiger partial charge in [0.15, 0.2) is 6.61 Å². The lowest BCUT2D eigenvalue weighted by Gasteiger charge is -2.37. The van der Waals surface area contributed by atoms with Gasteiger partial charge in [-0.15, -0.1) is 0 Å². The third-order valence-electron chi connectivity index (χ3n) is 8.67. The molecule has 6 aliphatic rings. The molecule has 1 heterocycles. The van der Waals surface area contributed by atoms with E-state index in [-0.39, 0.29) is 70.4 Å². The van der Waals surface area contributed by atoms with Gasteiger partial charge in [0.2, 0.25) is 17.6 Å². The highest BCUT2D eigenvalue weighted by atomic mass is 35.5. The quantitative estimate of drug-likeness (QED) is 0.259. The van der Waals surface area contributed by atoms with Gasteiger partial charge in [0.05, 0.1) is 22.8 Å². The van der Waals surface area contributed by atoms with Crippen molar-refractivity contribution in [2.45, 2.75) is 38.1 Å². The molecule has 0 spiro atoms. The third kappa shape index (κ3) is 3.44. The van der Waals surface area contributed by atoms with Crippen LogP contribution in [0.5, 0.6) is 0 Å². The van der Waals surface area contributed by atoms with Crippen LogP contribution in [0.25, 0.3) is 0 Å². The fraction of sp³-hybridized carbons (Fsp3) is 0.538. The number of Topliss-reactive ketones (excluding diaryl/α,β-unsaturated/α-hetero) is 1. The van der Waals surface area contributed by atoms with Crippen molar-refractivity contribution in [2.75, 3.05) is 6.61 Å². The molecule has 1 aromatic rings. The number of imide groups is 1. The Hall–Kier alpha value is -2.18. The zero-order valence-electron chi connectivity index (χ0n) is 18.5. The van der Waals surface area contributed by atoms with Crippen molar-refractivity contribution in [2.24, 2.45) is 41.4 Å². The maximum Gasteiger partial charge on any atom is 0.309 e. The van der Waals surface area contributed by atoms with Gasteiger partial charge in [-0.25, -0.2) is 0 Å². The van der Waals surface area contributed by atoms with E-state index in [4.69, 9.17) is 27.9 Å². The molecule has 2 amide bonds. The van der Waals surface area contributed by atoms with Crippen LogP contribution in [0, 0.1) is 41.4 Å². The summed E-state index contributed by atoms with van der Waals surface area (Å²) in [7, 11) is 0. The van der Waals surface area contributed by atoms with Gasteiger partial charge in [-0.05, 0) is 74.0 Å². The Bertz CT molecular complexity index is 1090. The summed E-state index contributed by atoms with van der Waals surface area (Å²) in [5, 5.41) is 0.640. The second-order valence-electron chi connectivity index (χ2n) is 10.4. The van der Waals surface area contributed by atoms with Crippen molar-refractivity contribution >= 4 is 46.8 Å². The Morgan fingerprint density at radius 3 is 2.15 bits per heavy atom. The summed E-state index contributed by atoms with van der Waals surface area (Å²) < 4.78 is 5.28. The van der Waals surface area contributed by atoms with E-state index >= 15 is 0 Å². The highest BCUT2D eigenvalue weighted by Crippen LogP contribution is 2.65. The molecule has 6 atom stereocenters. The first-order valence-corrected chi connectivity index (χ1v) is 12.8. The number of ether oxygens (including phenoxy) is 1. The molecule has 34 heavy (non-hydrogen) atoms. The van der Waals surface area contributed by atoms with Crippen LogP contribution < -0.4 is 0 Å². The lowest BCUT2D eigenvalue weighted by Crippen LogP contribution is -2.44. The van der Waals surface area contributed by atoms with Gasteiger partial charge in [-0.2, -0.15) is 0 Å². The molecule has 0 unspecified atom stereocenters. The van der Waals surface area contributed by atoms with E-state index in [2.05, 4.69) is 12.2 Å². The van der Waals surface area contributed by atoms with E-state index in [9.17, 15) is 19.2 Å². The predicted molar refractivity (Wildman–Crippen MR) is 124 cm³/mol. The van der Waals surface area contributed by atoms with E-state index in [0.29, 0.717) is 42.5 Å². The summed E-state index contributed by atoms with van der Waals surface area (Å²) in [6, 6.07) is 4.39. The van der Waals surface area contributed by atoms with E-state index < -0.39 is 5.97 Å². The number of hydrogen-bond donors (Lipinski definition) is 0. The number of esters is 1. The van der Waals surface area contributed by atoms with Crippen molar-refractivity contribution in [1.29, 1.82) is 0 Å². The van der Waals surface area contributed by atoms with E-state index in [1.54, 1.807) is 11.0 Å². The number of halogens is 2. The third-order valence-corrected chi connectivity index (χ3v) is 9.22. The molecule has 4 fully saturated rings. The molecule has 0 aromatic heterocycles. The van der Waals surface area contributed by atoms with Gasteiger partial charge in [-0.3, -0.25) is 24.1 Å². The van der Waals surface area contributed by atoms with Crippen LogP contribution in [0.15, 0.2) is 30.4 Å². The minimum Gasteiger partial charge on any atom is -0.457 e. The smallest absolute Gasteiger partial charge is 0.309 e. The number of ketones is 1. The van der Waals surface area contributed by atoms with Crippen LogP contribution in [0.1, 0.15) is 42.5 Å². The van der Waals surface area contributed by atoms with Gasteiger partial charge >= 0.3 is 5.97 Å². The lowest BCUT2D eigenvalue weighted by atomic mass is 9.63.